The molecular weight excluding hydrogens is 535 g/mol. The predicted molar refractivity (Wildman–Crippen MR) is 141 cm³/mol. The van der Waals surface area contributed by atoms with Crippen LogP contribution in [0.15, 0.2) is 29.3 Å². The molecular formula is C24H35IN2O4Si. The Morgan fingerprint density at radius 2 is 1.78 bits per heavy atom. The Kier molecular flexibility index (Phi) is 9.24. The predicted octanol–water partition coefficient (Wildman–Crippen LogP) is 5.86. The third-order valence-corrected chi connectivity index (χ3v) is 12.0. The number of benzene rings is 1. The number of hydrogen-bond acceptors (Lipinski definition) is 5. The summed E-state index contributed by atoms with van der Waals surface area (Å²) >= 11 is 2.15. The van der Waals surface area contributed by atoms with Gasteiger partial charge in [0, 0.05) is 43.2 Å². The lowest BCUT2D eigenvalue weighted by Crippen LogP contribution is -2.41. The van der Waals surface area contributed by atoms with E-state index >= 15 is 0 Å². The maximum atomic E-state index is 13.2. The number of aromatic nitrogens is 1. The first-order valence-corrected chi connectivity index (χ1v) is 14.9. The molecule has 0 atom stereocenters. The molecule has 0 aliphatic heterocycles. The standard InChI is InChI=1S/C24H35IN2O4Si/c1-24(2,3)32(6,7)31-15-14-17(26-4)12-13-21(28)27-20-11-9-8-10-18(20)19(23(27)25)16-22(29)30-5/h8-11H,12-16H2,1-7H3. The van der Waals surface area contributed by atoms with E-state index in [1.807, 2.05) is 24.3 Å². The zero-order valence-corrected chi connectivity index (χ0v) is 23.4. The van der Waals surface area contributed by atoms with Crippen LogP contribution in [-0.2, 0) is 20.4 Å². The highest BCUT2D eigenvalue weighted by Gasteiger charge is 2.36. The summed E-state index contributed by atoms with van der Waals surface area (Å²) in [6, 6.07) is 7.67. The van der Waals surface area contributed by atoms with Gasteiger partial charge >= 0.3 is 5.97 Å². The molecule has 1 aromatic carbocycles. The first-order valence-electron chi connectivity index (χ1n) is 10.9. The Hall–Kier alpha value is -1.52. The van der Waals surface area contributed by atoms with Gasteiger partial charge in [-0.15, -0.1) is 0 Å². The summed E-state index contributed by atoms with van der Waals surface area (Å²) in [6.07, 6.45) is 1.81. The number of carbonyl (C=O) groups excluding carboxylic acids is 2. The van der Waals surface area contributed by atoms with Crippen LogP contribution in [0.1, 0.15) is 50.4 Å². The van der Waals surface area contributed by atoms with Crippen LogP contribution in [0, 0.1) is 3.70 Å². The largest absolute Gasteiger partial charge is 0.469 e. The summed E-state index contributed by atoms with van der Waals surface area (Å²) in [5.74, 6) is -0.325. The van der Waals surface area contributed by atoms with Gasteiger partial charge in [-0.25, -0.2) is 0 Å². The van der Waals surface area contributed by atoms with Crippen molar-refractivity contribution in [3.05, 3.63) is 33.5 Å². The van der Waals surface area contributed by atoms with Crippen molar-refractivity contribution in [2.75, 3.05) is 20.8 Å². The number of aliphatic imine (C=N–C) groups is 1. The van der Waals surface area contributed by atoms with Gasteiger partial charge in [0.15, 0.2) is 8.32 Å². The smallest absolute Gasteiger partial charge is 0.310 e. The number of nitrogens with zero attached hydrogens (tertiary/aromatic N) is 2. The molecule has 0 bridgehead atoms. The van der Waals surface area contributed by atoms with Crippen molar-refractivity contribution in [1.29, 1.82) is 0 Å². The molecule has 0 spiro atoms. The molecule has 176 valence electrons. The van der Waals surface area contributed by atoms with E-state index in [1.165, 1.54) is 7.11 Å². The normalized spacial score (nSPS) is 12.9. The van der Waals surface area contributed by atoms with Gasteiger partial charge in [0.2, 0.25) is 5.91 Å². The van der Waals surface area contributed by atoms with Crippen LogP contribution >= 0.6 is 22.6 Å². The molecule has 0 amide bonds. The van der Waals surface area contributed by atoms with Crippen molar-refractivity contribution in [3.63, 3.8) is 0 Å². The molecule has 0 N–H and O–H groups in total. The number of methoxy groups -OCH3 is 1. The molecule has 1 heterocycles. The number of carbonyl (C=O) groups is 2. The molecule has 0 aliphatic rings. The summed E-state index contributed by atoms with van der Waals surface area (Å²) in [5.41, 5.74) is 2.63. The van der Waals surface area contributed by atoms with E-state index in [2.05, 4.69) is 61.4 Å². The fourth-order valence-electron chi connectivity index (χ4n) is 3.26. The number of esters is 1. The Balaban J connectivity index is 2.11. The zero-order valence-electron chi connectivity index (χ0n) is 20.3. The number of rotatable bonds is 9. The lowest BCUT2D eigenvalue weighted by atomic mass is 10.1. The van der Waals surface area contributed by atoms with Gasteiger partial charge in [-0.2, -0.15) is 0 Å². The summed E-state index contributed by atoms with van der Waals surface area (Å²) in [4.78, 5) is 29.5. The van der Waals surface area contributed by atoms with Crippen LogP contribution in [0.5, 0.6) is 0 Å². The van der Waals surface area contributed by atoms with Crippen LogP contribution in [0.25, 0.3) is 10.9 Å². The van der Waals surface area contributed by atoms with Gasteiger partial charge in [0.25, 0.3) is 0 Å². The molecule has 32 heavy (non-hydrogen) atoms. The third kappa shape index (κ3) is 6.29. The number of hydrogen-bond donors (Lipinski definition) is 0. The second kappa shape index (κ2) is 11.1. The number of halogens is 1. The monoisotopic (exact) mass is 570 g/mol. The van der Waals surface area contributed by atoms with E-state index in [-0.39, 0.29) is 23.3 Å². The molecule has 1 aromatic heterocycles. The van der Waals surface area contributed by atoms with Crippen molar-refractivity contribution in [2.45, 2.75) is 64.6 Å². The van der Waals surface area contributed by atoms with Crippen molar-refractivity contribution in [2.24, 2.45) is 4.99 Å². The van der Waals surface area contributed by atoms with Crippen molar-refractivity contribution >= 4 is 59.4 Å². The van der Waals surface area contributed by atoms with Gasteiger partial charge in [0.1, 0.15) is 0 Å². The second-order valence-electron chi connectivity index (χ2n) is 9.42. The van der Waals surface area contributed by atoms with Gasteiger partial charge in [0.05, 0.1) is 22.7 Å². The van der Waals surface area contributed by atoms with E-state index in [4.69, 9.17) is 9.16 Å². The first kappa shape index (κ1) is 26.7. The van der Waals surface area contributed by atoms with Gasteiger partial charge in [-0.3, -0.25) is 19.1 Å². The van der Waals surface area contributed by atoms with Crippen molar-refractivity contribution in [1.82, 2.24) is 4.57 Å². The quantitative estimate of drug-likeness (QED) is 0.164. The molecule has 6 nitrogen and oxygen atoms in total. The average molecular weight is 571 g/mol. The number of fused-ring (bicyclic) bond motifs is 1. The van der Waals surface area contributed by atoms with Crippen molar-refractivity contribution < 1.29 is 18.8 Å². The molecule has 2 rings (SSSR count). The molecule has 2 aromatic rings. The van der Waals surface area contributed by atoms with E-state index in [0.29, 0.717) is 19.4 Å². The fourth-order valence-corrected chi connectivity index (χ4v) is 5.31. The van der Waals surface area contributed by atoms with Crippen LogP contribution < -0.4 is 0 Å². The first-order chi connectivity index (χ1) is 14.9. The van der Waals surface area contributed by atoms with Crippen LogP contribution in [0.2, 0.25) is 18.1 Å². The van der Waals surface area contributed by atoms with Crippen molar-refractivity contribution in [3.8, 4) is 0 Å². The summed E-state index contributed by atoms with van der Waals surface area (Å²) in [6.45, 7) is 11.8. The van der Waals surface area contributed by atoms with Gasteiger partial charge in [-0.1, -0.05) is 39.0 Å². The Morgan fingerprint density at radius 3 is 2.38 bits per heavy atom. The van der Waals surface area contributed by atoms with E-state index in [9.17, 15) is 9.59 Å². The molecule has 0 saturated heterocycles. The fraction of sp³-hybridized carbons (Fsp3) is 0.542. The molecule has 0 fully saturated rings. The number of para-hydroxylation sites is 1. The molecule has 8 heteroatoms. The zero-order chi connectivity index (χ0) is 24.1. The third-order valence-electron chi connectivity index (χ3n) is 6.32. The van der Waals surface area contributed by atoms with E-state index < -0.39 is 8.32 Å². The minimum absolute atomic E-state index is 0.00631. The van der Waals surface area contributed by atoms with E-state index in [0.717, 1.165) is 32.3 Å². The lowest BCUT2D eigenvalue weighted by molar-refractivity contribution is -0.139. The molecule has 0 radical (unpaired) electrons. The Bertz CT molecular complexity index is 1010. The topological polar surface area (TPSA) is 69.9 Å². The maximum Gasteiger partial charge on any atom is 0.310 e. The molecule has 0 aliphatic carbocycles. The summed E-state index contributed by atoms with van der Waals surface area (Å²) < 4.78 is 13.6. The Morgan fingerprint density at radius 1 is 1.12 bits per heavy atom. The average Bonchev–Trinajstić information content (AvgIpc) is 3.00. The maximum absolute atomic E-state index is 13.2. The molecule has 0 unspecified atom stereocenters. The van der Waals surface area contributed by atoms with Gasteiger partial charge < -0.3 is 9.16 Å². The number of ether oxygens (including phenoxy) is 1. The summed E-state index contributed by atoms with van der Waals surface area (Å²) in [7, 11) is 1.35. The van der Waals surface area contributed by atoms with Crippen LogP contribution in [-0.4, -0.2) is 51.2 Å². The van der Waals surface area contributed by atoms with Crippen LogP contribution in [0.4, 0.5) is 0 Å². The Labute approximate surface area is 206 Å². The minimum atomic E-state index is -1.80. The minimum Gasteiger partial charge on any atom is -0.469 e. The SMILES string of the molecule is CN=C(CCO[Si](C)(C)C(C)(C)C)CCC(=O)n1c(I)c(CC(=O)OC)c2ccccc21. The highest BCUT2D eigenvalue weighted by atomic mass is 127. The highest BCUT2D eigenvalue weighted by Crippen LogP contribution is 2.36. The van der Waals surface area contributed by atoms with Gasteiger partial charge in [-0.05, 0) is 53.2 Å². The molecule has 0 saturated carbocycles. The lowest BCUT2D eigenvalue weighted by Gasteiger charge is -2.36. The van der Waals surface area contributed by atoms with Crippen LogP contribution in [0.3, 0.4) is 0 Å². The summed E-state index contributed by atoms with van der Waals surface area (Å²) in [5, 5.41) is 1.07. The highest BCUT2D eigenvalue weighted by molar-refractivity contribution is 14.1. The second-order valence-corrected chi connectivity index (χ2v) is 15.2. The van der Waals surface area contributed by atoms with E-state index in [1.54, 1.807) is 11.6 Å².